The molecule has 2 heteroatoms. The summed E-state index contributed by atoms with van der Waals surface area (Å²) in [6.07, 6.45) is 11.4. The third kappa shape index (κ3) is 3.63. The maximum atomic E-state index is 4.01. The van der Waals surface area contributed by atoms with Gasteiger partial charge in [0.05, 0.1) is 0 Å². The van der Waals surface area contributed by atoms with Gasteiger partial charge in [-0.1, -0.05) is 48.0 Å². The number of aliphatic imine (C=N–C) groups is 1. The molecule has 80 valence electrons. The van der Waals surface area contributed by atoms with Crippen LogP contribution >= 0.6 is 15.9 Å². The largest absolute Gasteiger partial charge is 0.269 e. The summed E-state index contributed by atoms with van der Waals surface area (Å²) in [6, 6.07) is 0. The third-order valence-electron chi connectivity index (χ3n) is 2.25. The Morgan fingerprint density at radius 3 is 2.87 bits per heavy atom. The van der Waals surface area contributed by atoms with Crippen LogP contribution in [0.5, 0.6) is 0 Å². The van der Waals surface area contributed by atoms with Crippen molar-refractivity contribution >= 4 is 22.6 Å². The van der Waals surface area contributed by atoms with Gasteiger partial charge < -0.3 is 0 Å². The molecule has 0 aliphatic heterocycles. The Balaban J connectivity index is 2.84. The highest BCUT2D eigenvalue weighted by atomic mass is 79.9. The van der Waals surface area contributed by atoms with Gasteiger partial charge in [0, 0.05) is 10.2 Å². The van der Waals surface area contributed by atoms with Gasteiger partial charge in [0.2, 0.25) is 0 Å². The molecule has 1 rings (SSSR count). The summed E-state index contributed by atoms with van der Waals surface area (Å²) in [6.45, 7) is 7.81. The number of rotatable bonds is 3. The first-order valence-corrected chi connectivity index (χ1v) is 5.84. The summed E-state index contributed by atoms with van der Waals surface area (Å²) in [5.41, 5.74) is 2.30. The quantitative estimate of drug-likeness (QED) is 0.672. The van der Waals surface area contributed by atoms with Crippen LogP contribution in [0.4, 0.5) is 0 Å². The highest BCUT2D eigenvalue weighted by molar-refractivity contribution is 9.12. The summed E-state index contributed by atoms with van der Waals surface area (Å²) in [4.78, 5) is 4.01. The summed E-state index contributed by atoms with van der Waals surface area (Å²) in [7, 11) is 0. The lowest BCUT2D eigenvalue weighted by molar-refractivity contribution is 0.760. The van der Waals surface area contributed by atoms with E-state index in [9.17, 15) is 0 Å². The molecule has 15 heavy (non-hydrogen) atoms. The smallest absolute Gasteiger partial charge is 0.0421 e. The van der Waals surface area contributed by atoms with Gasteiger partial charge >= 0.3 is 0 Å². The zero-order chi connectivity index (χ0) is 11.3. The fourth-order valence-electron chi connectivity index (χ4n) is 1.31. The Bertz CT molecular complexity index is 357. The number of nitrogens with zero attached hydrogens (tertiary/aromatic N) is 1. The molecule has 1 aliphatic carbocycles. The number of allylic oxidation sites excluding steroid dienone is 8. The zero-order valence-corrected chi connectivity index (χ0v) is 10.8. The van der Waals surface area contributed by atoms with Crippen LogP contribution in [0.3, 0.4) is 0 Å². The summed E-state index contributed by atoms with van der Waals surface area (Å²) < 4.78 is 1.15. The normalized spacial score (nSPS) is 19.6. The molecular weight excluding hydrogens is 250 g/mol. The monoisotopic (exact) mass is 265 g/mol. The highest BCUT2D eigenvalue weighted by Crippen LogP contribution is 2.25. The molecule has 0 aromatic rings. The van der Waals surface area contributed by atoms with E-state index in [1.165, 1.54) is 5.57 Å². The Morgan fingerprint density at radius 1 is 1.60 bits per heavy atom. The van der Waals surface area contributed by atoms with E-state index in [0.717, 1.165) is 16.6 Å². The van der Waals surface area contributed by atoms with E-state index >= 15 is 0 Å². The van der Waals surface area contributed by atoms with E-state index in [1.807, 2.05) is 6.08 Å². The van der Waals surface area contributed by atoms with Crippen molar-refractivity contribution in [2.45, 2.75) is 20.3 Å². The summed E-state index contributed by atoms with van der Waals surface area (Å²) in [5, 5.41) is 0. The first kappa shape index (κ1) is 12.2. The number of halogens is 1. The predicted molar refractivity (Wildman–Crippen MR) is 71.3 cm³/mol. The van der Waals surface area contributed by atoms with Crippen molar-refractivity contribution in [2.75, 3.05) is 0 Å². The minimum absolute atomic E-state index is 0.418. The van der Waals surface area contributed by atoms with Gasteiger partial charge in [0.1, 0.15) is 0 Å². The fraction of sp³-hybridized carbons (Fsp3) is 0.308. The van der Waals surface area contributed by atoms with Gasteiger partial charge in [-0.15, -0.1) is 0 Å². The molecule has 0 unspecified atom stereocenters. The van der Waals surface area contributed by atoms with Gasteiger partial charge in [-0.25, -0.2) is 0 Å². The Morgan fingerprint density at radius 2 is 2.33 bits per heavy atom. The van der Waals surface area contributed by atoms with E-state index in [0.29, 0.717) is 5.92 Å². The van der Waals surface area contributed by atoms with Gasteiger partial charge in [0.25, 0.3) is 0 Å². The molecule has 1 nitrogen and oxygen atoms in total. The van der Waals surface area contributed by atoms with Crippen LogP contribution in [0.15, 0.2) is 51.1 Å². The molecule has 0 N–H and O–H groups in total. The second kappa shape index (κ2) is 5.86. The molecule has 1 aliphatic rings. The molecule has 0 atom stereocenters. The van der Waals surface area contributed by atoms with Crippen LogP contribution in [-0.4, -0.2) is 6.72 Å². The predicted octanol–water partition coefficient (Wildman–Crippen LogP) is 4.39. The standard InChI is InChI=1S/C13H16BrN/c1-10(2)13(15-3)9-8-11-6-4-5-7-12(11)14/h4-5,7-10H,3,6H2,1-2H3/b11-8+,13-9-. The Labute approximate surface area is 100 Å². The molecule has 0 amide bonds. The van der Waals surface area contributed by atoms with Crippen LogP contribution < -0.4 is 0 Å². The summed E-state index contributed by atoms with van der Waals surface area (Å²) in [5.74, 6) is 0.418. The minimum atomic E-state index is 0.418. The minimum Gasteiger partial charge on any atom is -0.269 e. The maximum absolute atomic E-state index is 4.01. The SMILES string of the molecule is C=N/C(=C\C=C1/CC=CC=C1Br)C(C)C. The molecule has 0 aromatic carbocycles. The first-order chi connectivity index (χ1) is 7.15. The van der Waals surface area contributed by atoms with Gasteiger partial charge in [-0.05, 0) is 36.8 Å². The van der Waals surface area contributed by atoms with E-state index in [1.54, 1.807) is 0 Å². The van der Waals surface area contributed by atoms with E-state index in [4.69, 9.17) is 0 Å². The third-order valence-corrected chi connectivity index (χ3v) is 3.03. The first-order valence-electron chi connectivity index (χ1n) is 5.05. The molecule has 0 radical (unpaired) electrons. The number of hydrogen-bond donors (Lipinski definition) is 0. The van der Waals surface area contributed by atoms with E-state index in [2.05, 4.69) is 65.8 Å². The van der Waals surface area contributed by atoms with Crippen LogP contribution in [0, 0.1) is 5.92 Å². The lowest BCUT2D eigenvalue weighted by Crippen LogP contribution is -1.90. The second-order valence-electron chi connectivity index (χ2n) is 3.74. The van der Waals surface area contributed by atoms with Crippen molar-refractivity contribution in [2.24, 2.45) is 10.9 Å². The summed E-state index contributed by atoms with van der Waals surface area (Å²) >= 11 is 3.53. The Kier molecular flexibility index (Phi) is 4.76. The maximum Gasteiger partial charge on any atom is 0.0421 e. The van der Waals surface area contributed by atoms with Crippen molar-refractivity contribution in [3.63, 3.8) is 0 Å². The molecule has 0 saturated carbocycles. The molecule has 0 bridgehead atoms. The second-order valence-corrected chi connectivity index (χ2v) is 4.60. The van der Waals surface area contributed by atoms with Crippen LogP contribution in [0.25, 0.3) is 0 Å². The average molecular weight is 266 g/mol. The molecule has 0 aromatic heterocycles. The molecule has 0 saturated heterocycles. The van der Waals surface area contributed by atoms with Gasteiger partial charge in [0.15, 0.2) is 0 Å². The van der Waals surface area contributed by atoms with Crippen molar-refractivity contribution in [1.29, 1.82) is 0 Å². The van der Waals surface area contributed by atoms with Crippen molar-refractivity contribution in [1.82, 2.24) is 0 Å². The van der Waals surface area contributed by atoms with Crippen molar-refractivity contribution < 1.29 is 0 Å². The molecule has 0 spiro atoms. The lowest BCUT2D eigenvalue weighted by Gasteiger charge is -2.07. The number of hydrogen-bond acceptors (Lipinski definition) is 1. The zero-order valence-electron chi connectivity index (χ0n) is 9.20. The molecule has 0 fully saturated rings. The van der Waals surface area contributed by atoms with Gasteiger partial charge in [-0.2, -0.15) is 0 Å². The average Bonchev–Trinajstić information content (AvgIpc) is 2.21. The topological polar surface area (TPSA) is 12.4 Å². The fourth-order valence-corrected chi connectivity index (χ4v) is 1.76. The van der Waals surface area contributed by atoms with Crippen LogP contribution in [-0.2, 0) is 0 Å². The van der Waals surface area contributed by atoms with Gasteiger partial charge in [-0.3, -0.25) is 4.99 Å². The highest BCUT2D eigenvalue weighted by Gasteiger charge is 2.03. The van der Waals surface area contributed by atoms with Crippen LogP contribution in [0.1, 0.15) is 20.3 Å². The van der Waals surface area contributed by atoms with Crippen molar-refractivity contribution in [3.05, 3.63) is 46.1 Å². The molecular formula is C13H16BrN. The lowest BCUT2D eigenvalue weighted by atomic mass is 10.1. The van der Waals surface area contributed by atoms with Crippen LogP contribution in [0.2, 0.25) is 0 Å². The van der Waals surface area contributed by atoms with E-state index in [-0.39, 0.29) is 0 Å². The van der Waals surface area contributed by atoms with E-state index < -0.39 is 0 Å². The van der Waals surface area contributed by atoms with Crippen molar-refractivity contribution in [3.8, 4) is 0 Å². The molecule has 0 heterocycles. The Hall–Kier alpha value is -0.890.